The van der Waals surface area contributed by atoms with Crippen molar-refractivity contribution in [3.63, 3.8) is 0 Å². The molecule has 5 heteroatoms. The van der Waals surface area contributed by atoms with Gasteiger partial charge in [-0.05, 0) is 60.3 Å². The Balaban J connectivity index is 2.00. The molecular formula is C16H24BrN3O. The number of likely N-dealkylation sites (N-methyl/N-ethyl adjacent to an activating group) is 2. The van der Waals surface area contributed by atoms with Crippen LogP contribution in [-0.2, 0) is 11.3 Å². The predicted molar refractivity (Wildman–Crippen MR) is 90.6 cm³/mol. The minimum absolute atomic E-state index is 0.0609. The zero-order valence-corrected chi connectivity index (χ0v) is 14.4. The first kappa shape index (κ1) is 16.3. The lowest BCUT2D eigenvalue weighted by Crippen LogP contribution is -2.37. The summed E-state index contributed by atoms with van der Waals surface area (Å²) in [6, 6.07) is 7.09. The van der Waals surface area contributed by atoms with Gasteiger partial charge in [-0.3, -0.25) is 4.79 Å². The maximum atomic E-state index is 11.8. The Morgan fingerprint density at radius 2 is 2.14 bits per heavy atom. The van der Waals surface area contributed by atoms with Crippen molar-refractivity contribution in [1.82, 2.24) is 10.6 Å². The van der Waals surface area contributed by atoms with E-state index in [0.29, 0.717) is 19.1 Å². The molecule has 116 valence electrons. The summed E-state index contributed by atoms with van der Waals surface area (Å²) in [5.41, 5.74) is 2.34. The van der Waals surface area contributed by atoms with E-state index in [1.807, 2.05) is 6.92 Å². The number of halogens is 1. The summed E-state index contributed by atoms with van der Waals surface area (Å²) in [6.07, 6.45) is 2.60. The maximum absolute atomic E-state index is 11.8. The molecule has 0 aliphatic heterocycles. The van der Waals surface area contributed by atoms with Gasteiger partial charge >= 0.3 is 0 Å². The van der Waals surface area contributed by atoms with Crippen LogP contribution in [0.1, 0.15) is 32.3 Å². The molecule has 4 nitrogen and oxygen atoms in total. The summed E-state index contributed by atoms with van der Waals surface area (Å²) in [4.78, 5) is 13.8. The quantitative estimate of drug-likeness (QED) is 0.755. The maximum Gasteiger partial charge on any atom is 0.239 e. The summed E-state index contributed by atoms with van der Waals surface area (Å²) >= 11 is 3.64. The molecule has 1 aliphatic carbocycles. The second-order valence-corrected chi connectivity index (χ2v) is 6.26. The lowest BCUT2D eigenvalue weighted by Gasteiger charge is -2.24. The van der Waals surface area contributed by atoms with Crippen LogP contribution < -0.4 is 15.5 Å². The highest BCUT2D eigenvalue weighted by Gasteiger charge is 2.20. The van der Waals surface area contributed by atoms with Gasteiger partial charge in [-0.1, -0.05) is 6.07 Å². The molecule has 0 unspecified atom stereocenters. The van der Waals surface area contributed by atoms with Crippen molar-refractivity contribution in [2.45, 2.75) is 39.3 Å². The molecule has 2 rings (SSSR count). The van der Waals surface area contributed by atoms with Gasteiger partial charge in [-0.25, -0.2) is 0 Å². The normalized spacial score (nSPS) is 14.0. The van der Waals surface area contributed by atoms with Gasteiger partial charge in [-0.15, -0.1) is 0 Å². The number of carbonyl (C=O) groups is 1. The number of nitrogens with zero attached hydrogens (tertiary/aromatic N) is 1. The number of carbonyl (C=O) groups excluding carboxylic acids is 1. The minimum Gasteiger partial charge on any atom is -0.362 e. The number of hydrogen-bond acceptors (Lipinski definition) is 3. The predicted octanol–water partition coefficient (Wildman–Crippen LogP) is 2.66. The molecule has 1 amide bonds. The Morgan fingerprint density at radius 1 is 1.38 bits per heavy atom. The van der Waals surface area contributed by atoms with Crippen LogP contribution in [0.3, 0.4) is 0 Å². The highest BCUT2D eigenvalue weighted by Crippen LogP contribution is 2.28. The Hall–Kier alpha value is -1.07. The summed E-state index contributed by atoms with van der Waals surface area (Å²) < 4.78 is 1.05. The Bertz CT molecular complexity index is 488. The Labute approximate surface area is 135 Å². The van der Waals surface area contributed by atoms with E-state index in [9.17, 15) is 4.79 Å². The molecule has 0 heterocycles. The average molecular weight is 354 g/mol. The third-order valence-electron chi connectivity index (χ3n) is 3.62. The van der Waals surface area contributed by atoms with Crippen LogP contribution in [0.15, 0.2) is 22.7 Å². The highest BCUT2D eigenvalue weighted by molar-refractivity contribution is 9.10. The standard InChI is InChI=1S/C16H24BrN3O/c1-3-18-16(21)11-20(4-2)15-8-5-12(9-14(15)17)10-19-13-6-7-13/h5,8-9,13,19H,3-4,6-7,10-11H2,1-2H3,(H,18,21). The fourth-order valence-electron chi connectivity index (χ4n) is 2.26. The molecule has 1 aromatic carbocycles. The van der Waals surface area contributed by atoms with Gasteiger partial charge in [0.1, 0.15) is 0 Å². The van der Waals surface area contributed by atoms with Gasteiger partial charge in [0.2, 0.25) is 5.91 Å². The van der Waals surface area contributed by atoms with E-state index in [-0.39, 0.29) is 5.91 Å². The lowest BCUT2D eigenvalue weighted by molar-refractivity contribution is -0.119. The van der Waals surface area contributed by atoms with E-state index in [1.165, 1.54) is 18.4 Å². The molecule has 0 spiro atoms. The Kier molecular flexibility index (Phi) is 6.06. The van der Waals surface area contributed by atoms with E-state index >= 15 is 0 Å². The van der Waals surface area contributed by atoms with Crippen molar-refractivity contribution in [2.75, 3.05) is 24.5 Å². The molecule has 0 radical (unpaired) electrons. The van der Waals surface area contributed by atoms with Crippen molar-refractivity contribution in [1.29, 1.82) is 0 Å². The first-order valence-corrected chi connectivity index (χ1v) is 8.46. The third-order valence-corrected chi connectivity index (χ3v) is 4.25. The Morgan fingerprint density at radius 3 is 2.71 bits per heavy atom. The lowest BCUT2D eigenvalue weighted by atomic mass is 10.2. The second-order valence-electron chi connectivity index (χ2n) is 5.41. The molecule has 1 fully saturated rings. The van der Waals surface area contributed by atoms with Crippen LogP contribution in [0.25, 0.3) is 0 Å². The van der Waals surface area contributed by atoms with Gasteiger partial charge in [0.25, 0.3) is 0 Å². The highest BCUT2D eigenvalue weighted by atomic mass is 79.9. The van der Waals surface area contributed by atoms with Crippen LogP contribution in [-0.4, -0.2) is 31.6 Å². The zero-order chi connectivity index (χ0) is 15.2. The first-order valence-electron chi connectivity index (χ1n) is 7.67. The number of hydrogen-bond donors (Lipinski definition) is 2. The second kappa shape index (κ2) is 7.80. The first-order chi connectivity index (χ1) is 10.1. The van der Waals surface area contributed by atoms with Gasteiger partial charge in [0.05, 0.1) is 12.2 Å². The SMILES string of the molecule is CCNC(=O)CN(CC)c1ccc(CNC2CC2)cc1Br. The van der Waals surface area contributed by atoms with Crippen molar-refractivity contribution in [3.05, 3.63) is 28.2 Å². The van der Waals surface area contributed by atoms with Crippen molar-refractivity contribution >= 4 is 27.5 Å². The molecule has 1 aromatic rings. The summed E-state index contributed by atoms with van der Waals surface area (Å²) in [7, 11) is 0. The number of benzene rings is 1. The summed E-state index contributed by atoms with van der Waals surface area (Å²) in [6.45, 7) is 6.77. The number of nitrogens with one attached hydrogen (secondary N) is 2. The van der Waals surface area contributed by atoms with Crippen LogP contribution in [0.4, 0.5) is 5.69 Å². The van der Waals surface area contributed by atoms with Crippen molar-refractivity contribution in [2.24, 2.45) is 0 Å². The van der Waals surface area contributed by atoms with Gasteiger partial charge in [0.15, 0.2) is 0 Å². The fraction of sp³-hybridized carbons (Fsp3) is 0.562. The summed E-state index contributed by atoms with van der Waals surface area (Å²) in [5, 5.41) is 6.36. The van der Waals surface area contributed by atoms with E-state index in [1.54, 1.807) is 0 Å². The smallest absolute Gasteiger partial charge is 0.239 e. The van der Waals surface area contributed by atoms with E-state index in [2.05, 4.69) is 56.6 Å². The molecule has 0 saturated heterocycles. The van der Waals surface area contributed by atoms with E-state index in [4.69, 9.17) is 0 Å². The van der Waals surface area contributed by atoms with Crippen LogP contribution in [0.5, 0.6) is 0 Å². The minimum atomic E-state index is 0.0609. The molecule has 21 heavy (non-hydrogen) atoms. The van der Waals surface area contributed by atoms with E-state index in [0.717, 1.165) is 23.2 Å². The van der Waals surface area contributed by atoms with Crippen LogP contribution >= 0.6 is 15.9 Å². The largest absolute Gasteiger partial charge is 0.362 e. The zero-order valence-electron chi connectivity index (χ0n) is 12.8. The average Bonchev–Trinajstić information content (AvgIpc) is 3.27. The number of rotatable bonds is 8. The fourth-order valence-corrected chi connectivity index (χ4v) is 2.94. The molecule has 1 aliphatic rings. The molecule has 2 N–H and O–H groups in total. The molecule has 0 bridgehead atoms. The molecule has 0 atom stereocenters. The van der Waals surface area contributed by atoms with Gasteiger partial charge in [-0.2, -0.15) is 0 Å². The van der Waals surface area contributed by atoms with Gasteiger partial charge < -0.3 is 15.5 Å². The van der Waals surface area contributed by atoms with Crippen molar-refractivity contribution in [3.8, 4) is 0 Å². The molecular weight excluding hydrogens is 330 g/mol. The summed E-state index contributed by atoms with van der Waals surface area (Å²) in [5.74, 6) is 0.0609. The number of amides is 1. The number of anilines is 1. The monoisotopic (exact) mass is 353 g/mol. The molecule has 0 aromatic heterocycles. The third kappa shape index (κ3) is 5.00. The molecule has 1 saturated carbocycles. The van der Waals surface area contributed by atoms with Gasteiger partial charge in [0, 0.05) is 30.1 Å². The van der Waals surface area contributed by atoms with Crippen LogP contribution in [0.2, 0.25) is 0 Å². The van der Waals surface area contributed by atoms with Crippen LogP contribution in [0, 0.1) is 0 Å². The van der Waals surface area contributed by atoms with Crippen molar-refractivity contribution < 1.29 is 4.79 Å². The van der Waals surface area contributed by atoms with E-state index < -0.39 is 0 Å². The topological polar surface area (TPSA) is 44.4 Å².